The number of hydrogen-bond acceptors (Lipinski definition) is 8. The molecule has 0 bridgehead atoms. The van der Waals surface area contributed by atoms with Gasteiger partial charge in [0, 0.05) is 33.2 Å². The van der Waals surface area contributed by atoms with Crippen molar-refractivity contribution in [3.05, 3.63) is 0 Å². The quantitative estimate of drug-likeness (QED) is 0.467. The van der Waals surface area contributed by atoms with Gasteiger partial charge in [-0.1, -0.05) is 13.8 Å². The highest BCUT2D eigenvalue weighted by molar-refractivity contribution is 5.86. The summed E-state index contributed by atoms with van der Waals surface area (Å²) >= 11 is 0. The van der Waals surface area contributed by atoms with Crippen molar-refractivity contribution >= 4 is 23.8 Å². The minimum Gasteiger partial charge on any atom is -0.451 e. The molecule has 31 heavy (non-hydrogen) atoms. The molecule has 0 aromatic heterocycles. The molecule has 10 heteroatoms. The fraction of sp³-hybridized carbons (Fsp3) is 0.810. The summed E-state index contributed by atoms with van der Waals surface area (Å²) in [6.45, 7) is 11.3. The normalized spacial score (nSPS) is 15.4. The minimum absolute atomic E-state index is 0.108. The van der Waals surface area contributed by atoms with Crippen LogP contribution < -0.4 is 10.6 Å². The lowest BCUT2D eigenvalue weighted by Crippen LogP contribution is -2.51. The molecule has 0 aromatic rings. The van der Waals surface area contributed by atoms with Crippen LogP contribution >= 0.6 is 0 Å². The number of esters is 1. The predicted molar refractivity (Wildman–Crippen MR) is 116 cm³/mol. The van der Waals surface area contributed by atoms with Crippen molar-refractivity contribution in [1.82, 2.24) is 20.4 Å². The van der Waals surface area contributed by atoms with Crippen LogP contribution in [0, 0.1) is 5.92 Å². The van der Waals surface area contributed by atoms with Crippen LogP contribution in [0.5, 0.6) is 0 Å². The van der Waals surface area contributed by atoms with Gasteiger partial charge in [-0.2, -0.15) is 0 Å². The first-order chi connectivity index (χ1) is 14.4. The SMILES string of the molecule is CC(C)CC(OC(=O)CNCC(=O)CN(C)C(=O)OC(C)(C)C)C(=O)N1CCNCC1. The molecular formula is C21H38N4O6. The second-order valence-corrected chi connectivity index (χ2v) is 9.16. The van der Waals surface area contributed by atoms with Crippen LogP contribution in [0.4, 0.5) is 4.79 Å². The number of hydrogen-bond donors (Lipinski definition) is 2. The van der Waals surface area contributed by atoms with Crippen molar-refractivity contribution in [3.63, 3.8) is 0 Å². The maximum atomic E-state index is 12.7. The second kappa shape index (κ2) is 12.6. The number of nitrogens with zero attached hydrogens (tertiary/aromatic N) is 2. The third-order valence-electron chi connectivity index (χ3n) is 4.37. The highest BCUT2D eigenvalue weighted by Gasteiger charge is 2.29. The number of piperazine rings is 1. The van der Waals surface area contributed by atoms with E-state index in [1.807, 2.05) is 13.8 Å². The Labute approximate surface area is 185 Å². The first-order valence-corrected chi connectivity index (χ1v) is 10.7. The van der Waals surface area contributed by atoms with Crippen molar-refractivity contribution in [1.29, 1.82) is 0 Å². The van der Waals surface area contributed by atoms with E-state index in [-0.39, 0.29) is 37.2 Å². The second-order valence-electron chi connectivity index (χ2n) is 9.16. The molecule has 1 fully saturated rings. The van der Waals surface area contributed by atoms with Gasteiger partial charge in [0.2, 0.25) is 0 Å². The number of nitrogens with one attached hydrogen (secondary N) is 2. The van der Waals surface area contributed by atoms with E-state index in [0.717, 1.165) is 13.1 Å². The fourth-order valence-corrected chi connectivity index (χ4v) is 2.95. The highest BCUT2D eigenvalue weighted by Crippen LogP contribution is 2.13. The van der Waals surface area contributed by atoms with Gasteiger partial charge in [-0.05, 0) is 33.1 Å². The molecule has 1 heterocycles. The maximum absolute atomic E-state index is 12.7. The molecule has 2 N–H and O–H groups in total. The smallest absolute Gasteiger partial charge is 0.410 e. The van der Waals surface area contributed by atoms with E-state index < -0.39 is 23.8 Å². The number of ether oxygens (including phenoxy) is 2. The predicted octanol–water partition coefficient (Wildman–Crippen LogP) is 0.402. The fourth-order valence-electron chi connectivity index (χ4n) is 2.95. The molecule has 1 unspecified atom stereocenters. The van der Waals surface area contributed by atoms with Crippen LogP contribution in [0.25, 0.3) is 0 Å². The third-order valence-corrected chi connectivity index (χ3v) is 4.37. The van der Waals surface area contributed by atoms with Crippen molar-refractivity contribution in [2.75, 3.05) is 52.9 Å². The summed E-state index contributed by atoms with van der Waals surface area (Å²) in [7, 11) is 1.47. The molecule has 1 saturated heterocycles. The Morgan fingerprint density at radius 3 is 2.26 bits per heavy atom. The van der Waals surface area contributed by atoms with E-state index in [4.69, 9.17) is 9.47 Å². The monoisotopic (exact) mass is 442 g/mol. The molecule has 178 valence electrons. The van der Waals surface area contributed by atoms with Crippen molar-refractivity contribution in [2.24, 2.45) is 5.92 Å². The number of carbonyl (C=O) groups excluding carboxylic acids is 4. The van der Waals surface area contributed by atoms with Crippen LogP contribution in [0.1, 0.15) is 41.0 Å². The van der Waals surface area contributed by atoms with Crippen LogP contribution in [-0.4, -0.2) is 98.1 Å². The van der Waals surface area contributed by atoms with Gasteiger partial charge in [-0.3, -0.25) is 19.7 Å². The molecule has 0 saturated carbocycles. The van der Waals surface area contributed by atoms with E-state index in [2.05, 4.69) is 10.6 Å². The lowest BCUT2D eigenvalue weighted by atomic mass is 10.0. The summed E-state index contributed by atoms with van der Waals surface area (Å²) in [5, 5.41) is 5.90. The summed E-state index contributed by atoms with van der Waals surface area (Å²) in [4.78, 5) is 51.8. The Morgan fingerprint density at radius 2 is 1.71 bits per heavy atom. The summed E-state index contributed by atoms with van der Waals surface area (Å²) < 4.78 is 10.6. The van der Waals surface area contributed by atoms with Crippen molar-refractivity contribution < 1.29 is 28.7 Å². The van der Waals surface area contributed by atoms with Crippen molar-refractivity contribution in [3.8, 4) is 0 Å². The molecule has 0 aromatic carbocycles. The molecule has 2 amide bonds. The number of carbonyl (C=O) groups is 4. The summed E-state index contributed by atoms with van der Waals surface area (Å²) in [5.74, 6) is -0.875. The molecule has 0 spiro atoms. The number of amides is 2. The van der Waals surface area contributed by atoms with Gasteiger partial charge >= 0.3 is 12.1 Å². The molecule has 1 aliphatic rings. The Morgan fingerprint density at radius 1 is 1.10 bits per heavy atom. The van der Waals surface area contributed by atoms with Gasteiger partial charge in [0.25, 0.3) is 5.91 Å². The lowest BCUT2D eigenvalue weighted by molar-refractivity contribution is -0.161. The van der Waals surface area contributed by atoms with Crippen LogP contribution in [0.15, 0.2) is 0 Å². The number of Topliss-reactive ketones (excluding diaryl/α,β-unsaturated/α-hetero) is 1. The Kier molecular flexibility index (Phi) is 10.9. The maximum Gasteiger partial charge on any atom is 0.410 e. The van der Waals surface area contributed by atoms with Gasteiger partial charge in [0.1, 0.15) is 5.60 Å². The molecule has 10 nitrogen and oxygen atoms in total. The van der Waals surface area contributed by atoms with E-state index in [1.165, 1.54) is 11.9 Å². The number of ketones is 1. The Balaban J connectivity index is 2.44. The molecule has 1 aliphatic heterocycles. The zero-order valence-corrected chi connectivity index (χ0v) is 19.7. The summed E-state index contributed by atoms with van der Waals surface area (Å²) in [6.07, 6.45) is -0.988. The standard InChI is InChI=1S/C21H38N4O6/c1-15(2)11-17(19(28)25-9-7-22-8-10-25)30-18(27)13-23-12-16(26)14-24(6)20(29)31-21(3,4)5/h15,17,22-23H,7-14H2,1-6H3. The zero-order chi connectivity index (χ0) is 23.6. The van der Waals surface area contributed by atoms with Crippen molar-refractivity contribution in [2.45, 2.75) is 52.7 Å². The topological polar surface area (TPSA) is 117 Å². The third kappa shape index (κ3) is 11.1. The van der Waals surface area contributed by atoms with Gasteiger partial charge in [-0.15, -0.1) is 0 Å². The Hall–Kier alpha value is -2.20. The number of likely N-dealkylation sites (N-methyl/N-ethyl adjacent to an activating group) is 1. The first-order valence-electron chi connectivity index (χ1n) is 10.7. The Bertz CT molecular complexity index is 626. The number of rotatable bonds is 10. The molecule has 1 rings (SSSR count). The minimum atomic E-state index is -0.832. The van der Waals surface area contributed by atoms with Gasteiger partial charge < -0.3 is 24.6 Å². The lowest BCUT2D eigenvalue weighted by Gasteiger charge is -2.31. The average molecular weight is 443 g/mol. The van der Waals surface area contributed by atoms with E-state index in [9.17, 15) is 19.2 Å². The van der Waals surface area contributed by atoms with E-state index in [1.54, 1.807) is 25.7 Å². The zero-order valence-electron chi connectivity index (χ0n) is 19.7. The average Bonchev–Trinajstić information content (AvgIpc) is 2.65. The van der Waals surface area contributed by atoms with Gasteiger partial charge in [0.15, 0.2) is 11.9 Å². The van der Waals surface area contributed by atoms with Crippen LogP contribution in [0.2, 0.25) is 0 Å². The molecule has 0 radical (unpaired) electrons. The van der Waals surface area contributed by atoms with Gasteiger partial charge in [-0.25, -0.2) is 4.79 Å². The molecule has 1 atom stereocenters. The largest absolute Gasteiger partial charge is 0.451 e. The summed E-state index contributed by atoms with van der Waals surface area (Å²) in [6, 6.07) is 0. The van der Waals surface area contributed by atoms with E-state index in [0.29, 0.717) is 19.5 Å². The van der Waals surface area contributed by atoms with Crippen LogP contribution in [-0.2, 0) is 23.9 Å². The van der Waals surface area contributed by atoms with E-state index >= 15 is 0 Å². The van der Waals surface area contributed by atoms with Crippen LogP contribution in [0.3, 0.4) is 0 Å². The molecule has 0 aliphatic carbocycles. The first kappa shape index (κ1) is 26.8. The summed E-state index contributed by atoms with van der Waals surface area (Å²) in [5.41, 5.74) is -0.648. The molecular weight excluding hydrogens is 404 g/mol. The van der Waals surface area contributed by atoms with Gasteiger partial charge in [0.05, 0.1) is 19.6 Å². The highest BCUT2D eigenvalue weighted by atomic mass is 16.6.